The van der Waals surface area contributed by atoms with Crippen LogP contribution in [0.15, 0.2) is 24.3 Å². The third kappa shape index (κ3) is 4.21. The molecule has 2 N–H and O–H groups in total. The maximum atomic E-state index is 12.9. The number of carbonyl (C=O) groups is 1. The Hall–Kier alpha value is -1.62. The number of hydrogen-bond acceptors (Lipinski definition) is 3. The highest BCUT2D eigenvalue weighted by Crippen LogP contribution is 2.28. The third-order valence-corrected chi connectivity index (χ3v) is 3.31. The van der Waals surface area contributed by atoms with Crippen molar-refractivity contribution < 1.29 is 19.0 Å². The van der Waals surface area contributed by atoms with Crippen LogP contribution in [0.3, 0.4) is 0 Å². The molecule has 0 bridgehead atoms. The monoisotopic (exact) mass is 267 g/mol. The van der Waals surface area contributed by atoms with Crippen LogP contribution >= 0.6 is 0 Å². The molecule has 104 valence electrons. The normalized spacial score (nSPS) is 17.2. The van der Waals surface area contributed by atoms with Gasteiger partial charge in [0.2, 0.25) is 0 Å². The van der Waals surface area contributed by atoms with Gasteiger partial charge in [0.1, 0.15) is 11.6 Å². The smallest absolute Gasteiger partial charge is 0.258 e. The van der Waals surface area contributed by atoms with Crippen molar-refractivity contribution in [2.75, 3.05) is 13.2 Å². The molecule has 0 atom stereocenters. The van der Waals surface area contributed by atoms with Crippen LogP contribution in [0, 0.1) is 5.82 Å². The predicted octanol–water partition coefficient (Wildman–Crippen LogP) is 1.63. The first-order chi connectivity index (χ1) is 9.07. The van der Waals surface area contributed by atoms with Gasteiger partial charge in [-0.2, -0.15) is 0 Å². The minimum absolute atomic E-state index is 0.181. The van der Waals surface area contributed by atoms with E-state index in [2.05, 4.69) is 5.32 Å². The van der Waals surface area contributed by atoms with Crippen LogP contribution in [0.2, 0.25) is 0 Å². The van der Waals surface area contributed by atoms with E-state index in [1.54, 1.807) is 6.07 Å². The molecule has 19 heavy (non-hydrogen) atoms. The van der Waals surface area contributed by atoms with E-state index in [1.807, 2.05) is 0 Å². The molecule has 2 rings (SSSR count). The van der Waals surface area contributed by atoms with Gasteiger partial charge >= 0.3 is 0 Å². The van der Waals surface area contributed by atoms with Crippen LogP contribution in [0.5, 0.6) is 5.75 Å². The van der Waals surface area contributed by atoms with E-state index in [0.717, 1.165) is 25.7 Å². The van der Waals surface area contributed by atoms with Gasteiger partial charge in [-0.05, 0) is 25.0 Å². The number of aliphatic hydroxyl groups is 1. The molecule has 4 nitrogen and oxygen atoms in total. The summed E-state index contributed by atoms with van der Waals surface area (Å²) < 4.78 is 18.0. The molecule has 1 aromatic rings. The number of carbonyl (C=O) groups excluding carboxylic acids is 1. The number of halogens is 1. The number of benzene rings is 1. The van der Waals surface area contributed by atoms with Gasteiger partial charge in [0, 0.05) is 12.6 Å². The van der Waals surface area contributed by atoms with Crippen LogP contribution in [-0.2, 0) is 4.79 Å². The highest BCUT2D eigenvalue weighted by atomic mass is 19.1. The molecule has 1 fully saturated rings. The second-order valence-electron chi connectivity index (χ2n) is 4.95. The Morgan fingerprint density at radius 2 is 2.16 bits per heavy atom. The average Bonchev–Trinajstić information content (AvgIpc) is 2.82. The molecule has 0 saturated heterocycles. The maximum absolute atomic E-state index is 12.9. The van der Waals surface area contributed by atoms with Gasteiger partial charge in [-0.3, -0.25) is 4.79 Å². The summed E-state index contributed by atoms with van der Waals surface area (Å²) in [6, 6.07) is 5.63. The summed E-state index contributed by atoms with van der Waals surface area (Å²) in [7, 11) is 0. The van der Waals surface area contributed by atoms with Gasteiger partial charge in [-0.1, -0.05) is 18.9 Å². The summed E-state index contributed by atoms with van der Waals surface area (Å²) in [5, 5.41) is 12.7. The van der Waals surface area contributed by atoms with E-state index in [0.29, 0.717) is 5.75 Å². The predicted molar refractivity (Wildman–Crippen MR) is 68.3 cm³/mol. The zero-order valence-corrected chi connectivity index (χ0v) is 10.7. The number of hydrogen-bond donors (Lipinski definition) is 2. The largest absolute Gasteiger partial charge is 0.484 e. The van der Waals surface area contributed by atoms with Crippen LogP contribution in [0.4, 0.5) is 4.39 Å². The minimum Gasteiger partial charge on any atom is -0.484 e. The van der Waals surface area contributed by atoms with Gasteiger partial charge < -0.3 is 15.2 Å². The molecule has 1 aliphatic rings. The molecule has 5 heteroatoms. The molecule has 0 spiro atoms. The van der Waals surface area contributed by atoms with Crippen LogP contribution in [0.25, 0.3) is 0 Å². The van der Waals surface area contributed by atoms with E-state index >= 15 is 0 Å². The first-order valence-corrected chi connectivity index (χ1v) is 6.45. The summed E-state index contributed by atoms with van der Waals surface area (Å²) >= 11 is 0. The van der Waals surface area contributed by atoms with Gasteiger partial charge in [0.05, 0.1) is 5.60 Å². The molecule has 0 aliphatic heterocycles. The zero-order valence-electron chi connectivity index (χ0n) is 10.7. The Morgan fingerprint density at radius 1 is 1.42 bits per heavy atom. The molecule has 0 unspecified atom stereocenters. The summed E-state index contributed by atoms with van der Waals surface area (Å²) in [5.41, 5.74) is -0.769. The van der Waals surface area contributed by atoms with Gasteiger partial charge in [0.15, 0.2) is 6.61 Å². The zero-order chi connectivity index (χ0) is 13.7. The Labute approximate surface area is 111 Å². The second-order valence-corrected chi connectivity index (χ2v) is 4.95. The molecular formula is C14H18FNO3. The SMILES string of the molecule is O=C(COc1cccc(F)c1)NCC1(O)CCCC1. The van der Waals surface area contributed by atoms with Gasteiger partial charge in [-0.25, -0.2) is 4.39 Å². The average molecular weight is 267 g/mol. The molecule has 1 amide bonds. The number of rotatable bonds is 5. The standard InChI is InChI=1S/C14H18FNO3/c15-11-4-3-5-12(8-11)19-9-13(17)16-10-14(18)6-1-2-7-14/h3-5,8,18H,1-2,6-7,9-10H2,(H,16,17). The van der Waals surface area contributed by atoms with Crippen molar-refractivity contribution in [2.45, 2.75) is 31.3 Å². The summed E-state index contributed by atoms with van der Waals surface area (Å²) in [4.78, 5) is 11.6. The lowest BCUT2D eigenvalue weighted by Gasteiger charge is -2.22. The lowest BCUT2D eigenvalue weighted by molar-refractivity contribution is -0.124. The Balaban J connectivity index is 1.73. The fraction of sp³-hybridized carbons (Fsp3) is 0.500. The topological polar surface area (TPSA) is 58.6 Å². The van der Waals surface area contributed by atoms with Crippen molar-refractivity contribution in [1.29, 1.82) is 0 Å². The van der Waals surface area contributed by atoms with E-state index in [4.69, 9.17) is 4.74 Å². The fourth-order valence-electron chi connectivity index (χ4n) is 2.23. The first kappa shape index (κ1) is 13.8. The van der Waals surface area contributed by atoms with E-state index in [1.165, 1.54) is 18.2 Å². The highest BCUT2D eigenvalue weighted by molar-refractivity contribution is 5.77. The molecule has 0 aromatic heterocycles. The van der Waals surface area contributed by atoms with Gasteiger partial charge in [0.25, 0.3) is 5.91 Å². The molecule has 1 saturated carbocycles. The Morgan fingerprint density at radius 3 is 2.84 bits per heavy atom. The van der Waals surface area contributed by atoms with Gasteiger partial charge in [-0.15, -0.1) is 0 Å². The summed E-state index contributed by atoms with van der Waals surface area (Å²) in [6.45, 7) is 0.0673. The van der Waals surface area contributed by atoms with Crippen molar-refractivity contribution in [3.8, 4) is 5.75 Å². The number of amides is 1. The molecule has 1 aliphatic carbocycles. The lowest BCUT2D eigenvalue weighted by Crippen LogP contribution is -2.42. The van der Waals surface area contributed by atoms with Crippen LogP contribution in [0.1, 0.15) is 25.7 Å². The van der Waals surface area contributed by atoms with E-state index in [9.17, 15) is 14.3 Å². The Kier molecular flexibility index (Phi) is 4.37. The minimum atomic E-state index is -0.769. The van der Waals surface area contributed by atoms with E-state index in [-0.39, 0.29) is 19.1 Å². The summed E-state index contributed by atoms with van der Waals surface area (Å²) in [5.74, 6) is -0.405. The van der Waals surface area contributed by atoms with Crippen molar-refractivity contribution in [3.05, 3.63) is 30.1 Å². The van der Waals surface area contributed by atoms with Crippen molar-refractivity contribution in [3.63, 3.8) is 0 Å². The number of ether oxygens (including phenoxy) is 1. The maximum Gasteiger partial charge on any atom is 0.258 e. The fourth-order valence-corrected chi connectivity index (χ4v) is 2.23. The highest BCUT2D eigenvalue weighted by Gasteiger charge is 2.31. The van der Waals surface area contributed by atoms with Crippen LogP contribution in [-0.4, -0.2) is 29.8 Å². The molecule has 1 aromatic carbocycles. The molecule has 0 radical (unpaired) electrons. The first-order valence-electron chi connectivity index (χ1n) is 6.45. The summed E-state index contributed by atoms with van der Waals surface area (Å²) in [6.07, 6.45) is 3.42. The van der Waals surface area contributed by atoms with Crippen molar-refractivity contribution >= 4 is 5.91 Å². The van der Waals surface area contributed by atoms with Crippen LogP contribution < -0.4 is 10.1 Å². The second kappa shape index (κ2) is 6.02. The molecule has 0 heterocycles. The molecular weight excluding hydrogens is 249 g/mol. The third-order valence-electron chi connectivity index (χ3n) is 3.31. The lowest BCUT2D eigenvalue weighted by atomic mass is 10.0. The quantitative estimate of drug-likeness (QED) is 0.852. The van der Waals surface area contributed by atoms with Crippen molar-refractivity contribution in [1.82, 2.24) is 5.32 Å². The number of nitrogens with one attached hydrogen (secondary N) is 1. The van der Waals surface area contributed by atoms with Crippen molar-refractivity contribution in [2.24, 2.45) is 0 Å². The Bertz CT molecular complexity index is 444. The van der Waals surface area contributed by atoms with E-state index < -0.39 is 11.4 Å².